The van der Waals surface area contributed by atoms with Gasteiger partial charge in [0.05, 0.1) is 43.3 Å². The molecule has 208 valence electrons. The predicted octanol–water partition coefficient (Wildman–Crippen LogP) is 4.96. The molecule has 0 saturated heterocycles. The van der Waals surface area contributed by atoms with E-state index in [-0.39, 0.29) is 40.4 Å². The maximum absolute atomic E-state index is 13.5. The minimum Gasteiger partial charge on any atom is -0.497 e. The molecule has 0 radical (unpaired) electrons. The van der Waals surface area contributed by atoms with Crippen LogP contribution in [-0.2, 0) is 17.5 Å². The molecule has 0 fully saturated rings. The van der Waals surface area contributed by atoms with Crippen LogP contribution in [0.4, 0.5) is 18.9 Å². The zero-order valence-corrected chi connectivity index (χ0v) is 22.2. The second kappa shape index (κ2) is 12.6. The highest BCUT2D eigenvalue weighted by molar-refractivity contribution is 7.99. The van der Waals surface area contributed by atoms with Crippen LogP contribution in [0.25, 0.3) is 5.69 Å². The summed E-state index contributed by atoms with van der Waals surface area (Å²) in [5.41, 5.74) is 0.0840. The van der Waals surface area contributed by atoms with Gasteiger partial charge in [-0.2, -0.15) is 13.2 Å². The highest BCUT2D eigenvalue weighted by atomic mass is 32.2. The number of ether oxygens (including phenoxy) is 2. The molecule has 0 atom stereocenters. The van der Waals surface area contributed by atoms with E-state index in [0.29, 0.717) is 17.2 Å². The maximum Gasteiger partial charge on any atom is 0.416 e. The van der Waals surface area contributed by atoms with E-state index in [1.165, 1.54) is 30.9 Å². The van der Waals surface area contributed by atoms with Crippen molar-refractivity contribution in [3.05, 3.63) is 89.7 Å². The third kappa shape index (κ3) is 6.91. The highest BCUT2D eigenvalue weighted by Gasteiger charge is 2.31. The van der Waals surface area contributed by atoms with Crippen LogP contribution in [0.2, 0.25) is 0 Å². The largest absolute Gasteiger partial charge is 0.497 e. The van der Waals surface area contributed by atoms with E-state index in [0.717, 1.165) is 23.9 Å². The van der Waals surface area contributed by atoms with E-state index in [1.807, 2.05) is 0 Å². The van der Waals surface area contributed by atoms with Gasteiger partial charge in [-0.15, -0.1) is 10.2 Å². The van der Waals surface area contributed by atoms with Crippen LogP contribution in [0.15, 0.2) is 78.0 Å². The molecule has 4 rings (SSSR count). The summed E-state index contributed by atoms with van der Waals surface area (Å²) in [5, 5.41) is 13.8. The standard InChI is InChI=1S/C27H24F3N5O4S/c1-38-20-12-10-18(11-13-20)32-24(36)16-40-26-34-33-23(15-31-25(37)21-8-3-4-9-22(21)39-2)35(26)19-7-5-6-17(14-19)27(28,29)30/h3-14H,15-16H2,1-2H3,(H,31,37)(H,32,36). The summed E-state index contributed by atoms with van der Waals surface area (Å²) in [5.74, 6) is 0.228. The number of halogens is 3. The number of thioether (sulfide) groups is 1. The fourth-order valence-electron chi connectivity index (χ4n) is 3.68. The fourth-order valence-corrected chi connectivity index (χ4v) is 4.45. The van der Waals surface area contributed by atoms with E-state index < -0.39 is 17.6 Å². The van der Waals surface area contributed by atoms with Crippen molar-refractivity contribution in [2.45, 2.75) is 17.9 Å². The molecule has 1 heterocycles. The van der Waals surface area contributed by atoms with Gasteiger partial charge in [-0.25, -0.2) is 0 Å². The van der Waals surface area contributed by atoms with Crippen LogP contribution >= 0.6 is 11.8 Å². The number of alkyl halides is 3. The van der Waals surface area contributed by atoms with Crippen molar-refractivity contribution in [2.75, 3.05) is 25.3 Å². The van der Waals surface area contributed by atoms with Crippen molar-refractivity contribution >= 4 is 29.3 Å². The summed E-state index contributed by atoms with van der Waals surface area (Å²) in [7, 11) is 2.97. The molecule has 1 aromatic heterocycles. The topological polar surface area (TPSA) is 107 Å². The Bertz CT molecular complexity index is 1490. The van der Waals surface area contributed by atoms with E-state index in [2.05, 4.69) is 20.8 Å². The van der Waals surface area contributed by atoms with Gasteiger partial charge in [0.25, 0.3) is 5.91 Å². The number of carbonyl (C=O) groups excluding carboxylic acids is 2. The van der Waals surface area contributed by atoms with Crippen molar-refractivity contribution < 1.29 is 32.2 Å². The number of benzene rings is 3. The number of amides is 2. The number of nitrogens with zero attached hydrogens (tertiary/aromatic N) is 3. The highest BCUT2D eigenvalue weighted by Crippen LogP contribution is 2.32. The Hall–Kier alpha value is -4.52. The van der Waals surface area contributed by atoms with Gasteiger partial charge in [0.15, 0.2) is 11.0 Å². The van der Waals surface area contributed by atoms with E-state index >= 15 is 0 Å². The molecule has 2 N–H and O–H groups in total. The van der Waals surface area contributed by atoms with Crippen molar-refractivity contribution in [1.82, 2.24) is 20.1 Å². The van der Waals surface area contributed by atoms with Gasteiger partial charge in [-0.05, 0) is 54.6 Å². The minimum atomic E-state index is -4.58. The number of rotatable bonds is 10. The van der Waals surface area contributed by atoms with Gasteiger partial charge < -0.3 is 20.1 Å². The average molecular weight is 572 g/mol. The Morgan fingerprint density at radius 3 is 2.40 bits per heavy atom. The molecule has 4 aromatic rings. The van der Waals surface area contributed by atoms with Crippen LogP contribution in [0.3, 0.4) is 0 Å². The monoisotopic (exact) mass is 571 g/mol. The third-order valence-electron chi connectivity index (χ3n) is 5.60. The Morgan fingerprint density at radius 2 is 1.70 bits per heavy atom. The summed E-state index contributed by atoms with van der Waals surface area (Å²) in [4.78, 5) is 25.4. The molecule has 0 saturated carbocycles. The summed E-state index contributed by atoms with van der Waals surface area (Å²) >= 11 is 0.986. The zero-order chi connectivity index (χ0) is 28.7. The molecular formula is C27H24F3N5O4S. The molecule has 0 unspecified atom stereocenters. The Kier molecular flexibility index (Phi) is 8.94. The lowest BCUT2D eigenvalue weighted by molar-refractivity contribution is -0.137. The number of hydrogen-bond acceptors (Lipinski definition) is 7. The summed E-state index contributed by atoms with van der Waals surface area (Å²) in [6.07, 6.45) is -4.58. The first kappa shape index (κ1) is 28.5. The summed E-state index contributed by atoms with van der Waals surface area (Å²) in [6, 6.07) is 18.0. The lowest BCUT2D eigenvalue weighted by Crippen LogP contribution is -2.25. The molecular weight excluding hydrogens is 547 g/mol. The van der Waals surface area contributed by atoms with E-state index in [1.54, 1.807) is 48.5 Å². The van der Waals surface area contributed by atoms with Gasteiger partial charge in [-0.1, -0.05) is 30.0 Å². The average Bonchev–Trinajstić information content (AvgIpc) is 3.37. The van der Waals surface area contributed by atoms with Gasteiger partial charge in [0.1, 0.15) is 11.5 Å². The number of anilines is 1. The van der Waals surface area contributed by atoms with E-state index in [4.69, 9.17) is 9.47 Å². The normalized spacial score (nSPS) is 11.1. The van der Waals surface area contributed by atoms with Crippen LogP contribution in [0, 0.1) is 0 Å². The Labute approximate surface area is 231 Å². The van der Waals surface area contributed by atoms with Gasteiger partial charge in [0, 0.05) is 5.69 Å². The van der Waals surface area contributed by atoms with Gasteiger partial charge >= 0.3 is 6.18 Å². The zero-order valence-electron chi connectivity index (χ0n) is 21.4. The van der Waals surface area contributed by atoms with Crippen LogP contribution in [-0.4, -0.2) is 46.6 Å². The third-order valence-corrected chi connectivity index (χ3v) is 6.53. The number of hydrogen-bond donors (Lipinski definition) is 2. The molecule has 13 heteroatoms. The predicted molar refractivity (Wildman–Crippen MR) is 143 cm³/mol. The smallest absolute Gasteiger partial charge is 0.416 e. The minimum absolute atomic E-state index is 0.100. The number of methoxy groups -OCH3 is 2. The fraction of sp³-hybridized carbons (Fsp3) is 0.185. The molecule has 2 amide bonds. The number of aromatic nitrogens is 3. The SMILES string of the molecule is COc1ccc(NC(=O)CSc2nnc(CNC(=O)c3ccccc3OC)n2-c2cccc(C(F)(F)F)c2)cc1. The second-order valence-electron chi connectivity index (χ2n) is 8.23. The molecule has 40 heavy (non-hydrogen) atoms. The first-order chi connectivity index (χ1) is 19.2. The number of carbonyl (C=O) groups is 2. The molecule has 0 aliphatic rings. The molecule has 0 aliphatic heterocycles. The van der Waals surface area contributed by atoms with E-state index in [9.17, 15) is 22.8 Å². The first-order valence-electron chi connectivity index (χ1n) is 11.8. The Balaban J connectivity index is 1.56. The lowest BCUT2D eigenvalue weighted by Gasteiger charge is -2.14. The molecule has 0 aliphatic carbocycles. The molecule has 0 bridgehead atoms. The molecule has 0 spiro atoms. The lowest BCUT2D eigenvalue weighted by atomic mass is 10.2. The van der Waals surface area contributed by atoms with Crippen molar-refractivity contribution in [2.24, 2.45) is 0 Å². The van der Waals surface area contributed by atoms with Crippen LogP contribution < -0.4 is 20.1 Å². The molecule has 9 nitrogen and oxygen atoms in total. The van der Waals surface area contributed by atoms with Crippen molar-refractivity contribution in [3.63, 3.8) is 0 Å². The van der Waals surface area contributed by atoms with Crippen LogP contribution in [0.5, 0.6) is 11.5 Å². The maximum atomic E-state index is 13.5. The summed E-state index contributed by atoms with van der Waals surface area (Å²) in [6.45, 7) is -0.154. The van der Waals surface area contributed by atoms with Crippen LogP contribution in [0.1, 0.15) is 21.7 Å². The number of nitrogens with one attached hydrogen (secondary N) is 2. The van der Waals surface area contributed by atoms with Crippen molar-refractivity contribution in [1.29, 1.82) is 0 Å². The second-order valence-corrected chi connectivity index (χ2v) is 9.17. The van der Waals surface area contributed by atoms with Crippen molar-refractivity contribution in [3.8, 4) is 17.2 Å². The number of para-hydroxylation sites is 1. The summed E-state index contributed by atoms with van der Waals surface area (Å²) < 4.78 is 52.1. The van der Waals surface area contributed by atoms with Gasteiger partial charge in [-0.3, -0.25) is 14.2 Å². The quantitative estimate of drug-likeness (QED) is 0.259. The first-order valence-corrected chi connectivity index (χ1v) is 12.8. The molecule has 3 aromatic carbocycles. The van der Waals surface area contributed by atoms with Gasteiger partial charge in [0.2, 0.25) is 5.91 Å². The Morgan fingerprint density at radius 1 is 0.950 bits per heavy atom.